The molecule has 114 valence electrons. The average molecular weight is 288 g/mol. The van der Waals surface area contributed by atoms with E-state index in [1.54, 1.807) is 7.11 Å². The Morgan fingerprint density at radius 1 is 1.10 bits per heavy atom. The molecule has 3 rings (SSSR count). The summed E-state index contributed by atoms with van der Waals surface area (Å²) in [6.07, 6.45) is 4.73. The Morgan fingerprint density at radius 2 is 1.76 bits per heavy atom. The molecule has 4 heteroatoms. The van der Waals surface area contributed by atoms with E-state index in [0.29, 0.717) is 12.1 Å². The molecule has 2 aliphatic rings. The van der Waals surface area contributed by atoms with E-state index in [-0.39, 0.29) is 5.91 Å². The molecule has 0 bridgehead atoms. The second kappa shape index (κ2) is 6.06. The lowest BCUT2D eigenvalue weighted by Gasteiger charge is -2.33. The number of amides is 1. The summed E-state index contributed by atoms with van der Waals surface area (Å²) in [5.41, 5.74) is 0.767. The topological polar surface area (TPSA) is 32.8 Å². The summed E-state index contributed by atoms with van der Waals surface area (Å²) in [5, 5.41) is 0. The summed E-state index contributed by atoms with van der Waals surface area (Å²) in [6, 6.07) is 8.38. The van der Waals surface area contributed by atoms with Crippen LogP contribution in [0.25, 0.3) is 0 Å². The molecular formula is C17H24N2O2. The lowest BCUT2D eigenvalue weighted by molar-refractivity contribution is 0.0664. The molecule has 2 heterocycles. The lowest BCUT2D eigenvalue weighted by atomic mass is 10.0. The standard InChI is InChI=1S/C17H24N2O2/c1-18-11-3-5-15(18)16-6-4-12-19(16)17(20)13-7-9-14(21-2)10-8-13/h7-10,15-16H,3-6,11-12H2,1-2H3. The summed E-state index contributed by atoms with van der Waals surface area (Å²) >= 11 is 0. The third-order valence-electron chi connectivity index (χ3n) is 4.92. The molecule has 2 aliphatic heterocycles. The van der Waals surface area contributed by atoms with Gasteiger partial charge in [0.2, 0.25) is 0 Å². The van der Waals surface area contributed by atoms with Crippen LogP contribution < -0.4 is 4.74 Å². The predicted octanol–water partition coefficient (Wildman–Crippen LogP) is 2.39. The fourth-order valence-corrected chi connectivity index (χ4v) is 3.77. The van der Waals surface area contributed by atoms with Gasteiger partial charge in [0.25, 0.3) is 5.91 Å². The fraction of sp³-hybridized carbons (Fsp3) is 0.588. The second-order valence-corrected chi connectivity index (χ2v) is 6.13. The van der Waals surface area contributed by atoms with Gasteiger partial charge in [-0.2, -0.15) is 0 Å². The summed E-state index contributed by atoms with van der Waals surface area (Å²) in [7, 11) is 3.83. The normalized spacial score (nSPS) is 26.3. The number of carbonyl (C=O) groups is 1. The number of benzene rings is 1. The van der Waals surface area contributed by atoms with Crippen molar-refractivity contribution in [2.45, 2.75) is 37.8 Å². The minimum absolute atomic E-state index is 0.167. The van der Waals surface area contributed by atoms with Gasteiger partial charge in [0.1, 0.15) is 5.75 Å². The van der Waals surface area contributed by atoms with E-state index in [0.717, 1.165) is 37.2 Å². The van der Waals surface area contributed by atoms with Crippen molar-refractivity contribution in [3.05, 3.63) is 29.8 Å². The quantitative estimate of drug-likeness (QED) is 0.856. The van der Waals surface area contributed by atoms with Crippen LogP contribution in [0.4, 0.5) is 0 Å². The number of ether oxygens (including phenoxy) is 1. The van der Waals surface area contributed by atoms with Gasteiger partial charge in [-0.15, -0.1) is 0 Å². The van der Waals surface area contributed by atoms with Crippen molar-refractivity contribution in [1.82, 2.24) is 9.80 Å². The molecule has 1 aromatic carbocycles. The van der Waals surface area contributed by atoms with Crippen LogP contribution >= 0.6 is 0 Å². The van der Waals surface area contributed by atoms with E-state index < -0.39 is 0 Å². The van der Waals surface area contributed by atoms with Gasteiger partial charge in [-0.25, -0.2) is 0 Å². The van der Waals surface area contributed by atoms with Gasteiger partial charge in [-0.05, 0) is 63.5 Å². The molecule has 2 unspecified atom stereocenters. The van der Waals surface area contributed by atoms with Crippen molar-refractivity contribution in [3.63, 3.8) is 0 Å². The van der Waals surface area contributed by atoms with Crippen LogP contribution in [0.5, 0.6) is 5.75 Å². The molecule has 4 nitrogen and oxygen atoms in total. The Hall–Kier alpha value is -1.55. The van der Waals surface area contributed by atoms with Gasteiger partial charge < -0.3 is 14.5 Å². The number of hydrogen-bond acceptors (Lipinski definition) is 3. The zero-order valence-electron chi connectivity index (χ0n) is 12.9. The van der Waals surface area contributed by atoms with E-state index in [1.165, 1.54) is 12.8 Å². The van der Waals surface area contributed by atoms with Crippen LogP contribution in [0.2, 0.25) is 0 Å². The molecule has 2 atom stereocenters. The zero-order chi connectivity index (χ0) is 14.8. The molecule has 0 aliphatic carbocycles. The first-order valence-corrected chi connectivity index (χ1v) is 7.86. The second-order valence-electron chi connectivity index (χ2n) is 6.13. The number of hydrogen-bond donors (Lipinski definition) is 0. The van der Waals surface area contributed by atoms with E-state index >= 15 is 0 Å². The summed E-state index contributed by atoms with van der Waals surface area (Å²) in [6.45, 7) is 2.05. The van der Waals surface area contributed by atoms with Crippen LogP contribution in [0.15, 0.2) is 24.3 Å². The fourth-order valence-electron chi connectivity index (χ4n) is 3.77. The summed E-state index contributed by atoms with van der Waals surface area (Å²) < 4.78 is 5.16. The Balaban J connectivity index is 1.76. The maximum absolute atomic E-state index is 12.8. The summed E-state index contributed by atoms with van der Waals surface area (Å²) in [4.78, 5) is 17.3. The van der Waals surface area contributed by atoms with Gasteiger partial charge in [-0.1, -0.05) is 0 Å². The maximum Gasteiger partial charge on any atom is 0.254 e. The molecule has 0 radical (unpaired) electrons. The molecular weight excluding hydrogens is 264 g/mol. The van der Waals surface area contributed by atoms with Crippen LogP contribution in [0.1, 0.15) is 36.0 Å². The highest BCUT2D eigenvalue weighted by molar-refractivity contribution is 5.94. The number of likely N-dealkylation sites (tertiary alicyclic amines) is 2. The predicted molar refractivity (Wildman–Crippen MR) is 82.7 cm³/mol. The Kier molecular flexibility index (Phi) is 4.15. The number of nitrogens with zero attached hydrogens (tertiary/aromatic N) is 2. The first kappa shape index (κ1) is 14.4. The number of methoxy groups -OCH3 is 1. The van der Waals surface area contributed by atoms with Crippen LogP contribution in [-0.4, -0.2) is 55.0 Å². The van der Waals surface area contributed by atoms with Crippen molar-refractivity contribution in [1.29, 1.82) is 0 Å². The SMILES string of the molecule is COc1ccc(C(=O)N2CCCC2C2CCCN2C)cc1. The molecule has 1 aromatic rings. The van der Waals surface area contributed by atoms with Gasteiger partial charge in [-0.3, -0.25) is 4.79 Å². The first-order valence-electron chi connectivity index (χ1n) is 7.86. The van der Waals surface area contributed by atoms with Gasteiger partial charge in [0.05, 0.1) is 7.11 Å². The summed E-state index contributed by atoms with van der Waals surface area (Å²) in [5.74, 6) is 0.959. The first-order chi connectivity index (χ1) is 10.2. The van der Waals surface area contributed by atoms with Gasteiger partial charge in [0, 0.05) is 24.2 Å². The largest absolute Gasteiger partial charge is 0.497 e. The van der Waals surface area contributed by atoms with Crippen molar-refractivity contribution < 1.29 is 9.53 Å². The van der Waals surface area contributed by atoms with E-state index in [2.05, 4.69) is 16.8 Å². The molecule has 0 aromatic heterocycles. The van der Waals surface area contributed by atoms with Crippen molar-refractivity contribution in [3.8, 4) is 5.75 Å². The minimum atomic E-state index is 0.167. The highest BCUT2D eigenvalue weighted by Gasteiger charge is 2.38. The monoisotopic (exact) mass is 288 g/mol. The van der Waals surface area contributed by atoms with Crippen LogP contribution in [0, 0.1) is 0 Å². The van der Waals surface area contributed by atoms with E-state index in [4.69, 9.17) is 4.74 Å². The van der Waals surface area contributed by atoms with Crippen molar-refractivity contribution in [2.75, 3.05) is 27.2 Å². The van der Waals surface area contributed by atoms with E-state index in [1.807, 2.05) is 24.3 Å². The molecule has 1 amide bonds. The van der Waals surface area contributed by atoms with Crippen molar-refractivity contribution in [2.24, 2.45) is 0 Å². The molecule has 2 saturated heterocycles. The third-order valence-corrected chi connectivity index (χ3v) is 4.92. The molecule has 2 fully saturated rings. The highest BCUT2D eigenvalue weighted by Crippen LogP contribution is 2.30. The molecule has 21 heavy (non-hydrogen) atoms. The van der Waals surface area contributed by atoms with Crippen LogP contribution in [-0.2, 0) is 0 Å². The Bertz CT molecular complexity index is 500. The smallest absolute Gasteiger partial charge is 0.254 e. The van der Waals surface area contributed by atoms with E-state index in [9.17, 15) is 4.79 Å². The van der Waals surface area contributed by atoms with Crippen molar-refractivity contribution >= 4 is 5.91 Å². The number of likely N-dealkylation sites (N-methyl/N-ethyl adjacent to an activating group) is 1. The maximum atomic E-state index is 12.8. The average Bonchev–Trinajstić information content (AvgIpc) is 3.14. The third kappa shape index (κ3) is 2.77. The van der Waals surface area contributed by atoms with Gasteiger partial charge in [0.15, 0.2) is 0 Å². The highest BCUT2D eigenvalue weighted by atomic mass is 16.5. The Morgan fingerprint density at radius 3 is 2.38 bits per heavy atom. The molecule has 0 N–H and O–H groups in total. The van der Waals surface area contributed by atoms with Crippen LogP contribution in [0.3, 0.4) is 0 Å². The Labute approximate surface area is 126 Å². The van der Waals surface area contributed by atoms with Gasteiger partial charge >= 0.3 is 0 Å². The number of carbonyl (C=O) groups excluding carboxylic acids is 1. The molecule has 0 saturated carbocycles. The minimum Gasteiger partial charge on any atom is -0.497 e. The lowest BCUT2D eigenvalue weighted by Crippen LogP contribution is -2.47. The molecule has 0 spiro atoms. The number of rotatable bonds is 3. The zero-order valence-corrected chi connectivity index (χ0v) is 12.9.